The third kappa shape index (κ3) is 30.5. The van der Waals surface area contributed by atoms with Crippen LogP contribution in [0.25, 0.3) is 0 Å². The van der Waals surface area contributed by atoms with Crippen LogP contribution in [0, 0.1) is 28.4 Å². The minimum atomic E-state index is -1.92. The molecule has 0 saturated carbocycles. The van der Waals surface area contributed by atoms with Gasteiger partial charge in [0.25, 0.3) is 0 Å². The molecular weight excluding hydrogens is 250 g/mol. The van der Waals surface area contributed by atoms with Gasteiger partial charge >= 0.3 is 42.6 Å². The molecule has 0 nitrogen and oxygen atoms in total. The van der Waals surface area contributed by atoms with Gasteiger partial charge < -0.3 is 22.3 Å². The second kappa shape index (κ2) is 18.0. The third-order valence-electron chi connectivity index (χ3n) is 0.586. The molecule has 1 rings (SSSR count). The van der Waals surface area contributed by atoms with E-state index in [4.69, 9.17) is 27.9 Å². The molecule has 12 heavy (non-hydrogen) atoms. The van der Waals surface area contributed by atoms with Crippen molar-refractivity contribution < 1.29 is 14.7 Å². The molecule has 0 aromatic carbocycles. The van der Waals surface area contributed by atoms with Crippen molar-refractivity contribution in [3.63, 3.8) is 0 Å². The van der Waals surface area contributed by atoms with E-state index in [1.54, 1.807) is 0 Å². The molecule has 0 aliphatic heterocycles. The maximum atomic E-state index is 4.97. The van der Waals surface area contributed by atoms with Crippen LogP contribution < -0.4 is 0 Å². The van der Waals surface area contributed by atoms with Crippen molar-refractivity contribution in [3.8, 4) is 0 Å². The van der Waals surface area contributed by atoms with Crippen LogP contribution in [-0.2, 0) is 14.7 Å². The topological polar surface area (TPSA) is 0 Å². The van der Waals surface area contributed by atoms with Gasteiger partial charge in [0.15, 0.2) is 0 Å². The number of hydrogen-bond donors (Lipinski definition) is 0. The Morgan fingerprint density at radius 3 is 1.58 bits per heavy atom. The van der Waals surface area contributed by atoms with Crippen LogP contribution in [-0.4, -0.2) is 0 Å². The monoisotopic (exact) mass is 263 g/mol. The molecule has 0 bridgehead atoms. The van der Waals surface area contributed by atoms with Crippen LogP contribution in [0.5, 0.6) is 0 Å². The summed E-state index contributed by atoms with van der Waals surface area (Å²) in [6.45, 7) is 0. The summed E-state index contributed by atoms with van der Waals surface area (Å²) in [4.78, 5) is 0. The van der Waals surface area contributed by atoms with Gasteiger partial charge in [0.2, 0.25) is 0 Å². The molecule has 0 aromatic heterocycles. The Morgan fingerprint density at radius 1 is 1.08 bits per heavy atom. The van der Waals surface area contributed by atoms with E-state index in [0.29, 0.717) is 0 Å². The van der Waals surface area contributed by atoms with Gasteiger partial charge in [-0.3, -0.25) is 6.08 Å². The van der Waals surface area contributed by atoms with E-state index in [-0.39, 0.29) is 22.3 Å². The van der Waals surface area contributed by atoms with E-state index in [1.165, 1.54) is 0 Å². The first kappa shape index (κ1) is 23.1. The molecule has 0 N–H and O–H groups in total. The molecule has 1 aliphatic carbocycles. The Labute approximate surface area is 95.1 Å². The molecule has 0 spiro atoms. The van der Waals surface area contributed by atoms with Crippen LogP contribution in [0.15, 0.2) is 18.2 Å². The van der Waals surface area contributed by atoms with Crippen molar-refractivity contribution in [1.82, 2.24) is 0 Å². The first-order chi connectivity index (χ1) is 4.23. The van der Waals surface area contributed by atoms with Crippen molar-refractivity contribution in [1.29, 1.82) is 0 Å². The molecule has 75 valence electrons. The van der Waals surface area contributed by atoms with Crippen LogP contribution >= 0.6 is 27.9 Å². The predicted octanol–water partition coefficient (Wildman–Crippen LogP) is 4.72. The van der Waals surface area contributed by atoms with Crippen molar-refractivity contribution in [2.75, 3.05) is 0 Å². The van der Waals surface area contributed by atoms with E-state index in [0.717, 1.165) is 6.42 Å². The summed E-state index contributed by atoms with van der Waals surface area (Å²) >= 11 is -1.92. The molecular formula is C8H14Cl3Ti-4. The molecule has 0 heterocycles. The van der Waals surface area contributed by atoms with Gasteiger partial charge in [-0.2, -0.15) is 6.08 Å². The Bertz CT molecular complexity index is 98.1. The van der Waals surface area contributed by atoms with E-state index in [9.17, 15) is 0 Å². The average Bonchev–Trinajstić information content (AvgIpc) is 2.11. The Morgan fingerprint density at radius 2 is 1.50 bits per heavy atom. The van der Waals surface area contributed by atoms with Gasteiger partial charge in [0, 0.05) is 0 Å². The first-order valence-corrected chi connectivity index (χ1v) is 8.73. The van der Waals surface area contributed by atoms with Crippen molar-refractivity contribution in [3.05, 3.63) is 46.6 Å². The summed E-state index contributed by atoms with van der Waals surface area (Å²) in [6, 6.07) is 0. The average molecular weight is 264 g/mol. The van der Waals surface area contributed by atoms with Crippen molar-refractivity contribution >= 4 is 27.9 Å². The molecule has 1 aliphatic rings. The van der Waals surface area contributed by atoms with Gasteiger partial charge in [0.1, 0.15) is 0 Å². The summed E-state index contributed by atoms with van der Waals surface area (Å²) in [6.07, 6.45) is 10.0. The van der Waals surface area contributed by atoms with Crippen LogP contribution in [0.3, 0.4) is 0 Å². The fourth-order valence-electron chi connectivity index (χ4n) is 0.340. The molecule has 0 saturated heterocycles. The van der Waals surface area contributed by atoms with Gasteiger partial charge in [0.05, 0.1) is 0 Å². The van der Waals surface area contributed by atoms with Gasteiger partial charge in [-0.05, 0) is 0 Å². The van der Waals surface area contributed by atoms with Crippen LogP contribution in [0.2, 0.25) is 0 Å². The zero-order chi connectivity index (χ0) is 7.11. The van der Waals surface area contributed by atoms with Crippen LogP contribution in [0.4, 0.5) is 0 Å². The molecule has 0 radical (unpaired) electrons. The number of halogens is 3. The van der Waals surface area contributed by atoms with Gasteiger partial charge in [-0.25, -0.2) is 12.2 Å². The van der Waals surface area contributed by atoms with Crippen LogP contribution in [0.1, 0.15) is 6.42 Å². The second-order valence-corrected chi connectivity index (χ2v) is 8.95. The van der Waals surface area contributed by atoms with E-state index in [2.05, 4.69) is 12.2 Å². The Kier molecular flexibility index (Phi) is 34.7. The normalized spacial score (nSPS) is 9.58. The van der Waals surface area contributed by atoms with E-state index >= 15 is 0 Å². The number of hydrogen-bond acceptors (Lipinski definition) is 0. The number of allylic oxidation sites excluding steroid dienone is 4. The summed E-state index contributed by atoms with van der Waals surface area (Å²) in [5, 5.41) is 0. The SMILES string of the molecule is [C-]1=CC=CC1.[CH3-].[CH3-].[CH3-].[Cl][Ti]([Cl])[Cl]. The summed E-state index contributed by atoms with van der Waals surface area (Å²) in [7, 11) is 14.9. The number of rotatable bonds is 0. The van der Waals surface area contributed by atoms with Crippen molar-refractivity contribution in [2.45, 2.75) is 6.42 Å². The fraction of sp³-hybridized carbons (Fsp3) is 0.125. The molecule has 0 atom stereocenters. The molecule has 4 heteroatoms. The Balaban J connectivity index is -0.0000000436. The van der Waals surface area contributed by atoms with Crippen molar-refractivity contribution in [2.24, 2.45) is 0 Å². The predicted molar refractivity (Wildman–Crippen MR) is 58.4 cm³/mol. The van der Waals surface area contributed by atoms with Gasteiger partial charge in [-0.15, -0.1) is 6.42 Å². The summed E-state index contributed by atoms with van der Waals surface area (Å²) in [5.74, 6) is 0. The minimum absolute atomic E-state index is 0. The Hall–Kier alpha value is 1.06. The molecule has 0 amide bonds. The zero-order valence-electron chi connectivity index (χ0n) is 7.57. The quantitative estimate of drug-likeness (QED) is 0.438. The molecule has 0 fully saturated rings. The van der Waals surface area contributed by atoms with E-state index < -0.39 is 14.7 Å². The molecule has 0 unspecified atom stereocenters. The standard InChI is InChI=1S/C5H5.3CH3.3ClH.Ti/c1-2-4-5-3-1;;;;;;;/h1-3H,4H2;3*1H3;3*1H;/q4*-1;;;;+3/p-3. The van der Waals surface area contributed by atoms with E-state index in [1.807, 2.05) is 12.2 Å². The summed E-state index contributed by atoms with van der Waals surface area (Å²) < 4.78 is 0. The second-order valence-electron chi connectivity index (χ2n) is 1.22. The first-order valence-electron chi connectivity index (χ1n) is 2.28. The molecule has 0 aromatic rings. The maximum absolute atomic E-state index is 4.97. The third-order valence-corrected chi connectivity index (χ3v) is 0.586. The summed E-state index contributed by atoms with van der Waals surface area (Å²) in [5.41, 5.74) is 0. The zero-order valence-corrected chi connectivity index (χ0v) is 11.4. The van der Waals surface area contributed by atoms with Gasteiger partial charge in [-0.1, -0.05) is 0 Å². The fourth-order valence-corrected chi connectivity index (χ4v) is 0.340.